The van der Waals surface area contributed by atoms with Gasteiger partial charge in [0.25, 0.3) is 0 Å². The van der Waals surface area contributed by atoms with Crippen LogP contribution in [0.25, 0.3) is 0 Å². The van der Waals surface area contributed by atoms with Crippen molar-refractivity contribution in [3.05, 3.63) is 71.8 Å². The van der Waals surface area contributed by atoms with Gasteiger partial charge in [-0.1, -0.05) is 60.7 Å². The molecule has 0 aliphatic carbocycles. The number of fused-ring (bicyclic) bond motifs is 1. The standard InChI is InChI=1S/C19H18N2O4/c22-17-15-16(18(23)25-17)21(12-14-9-5-2-6-10-14)19(24)20(15)11-13-7-3-1-4-8-13/h1-10,15-17,22H,11-12H2/t15-,16+,17?/m1/s1. The van der Waals surface area contributed by atoms with Crippen LogP contribution in [0, 0.1) is 0 Å². The number of hydrogen-bond donors (Lipinski definition) is 1. The molecule has 2 aromatic rings. The molecule has 2 aliphatic rings. The van der Waals surface area contributed by atoms with Crippen molar-refractivity contribution in [2.45, 2.75) is 31.5 Å². The van der Waals surface area contributed by atoms with Crippen LogP contribution in [0.2, 0.25) is 0 Å². The minimum absolute atomic E-state index is 0.265. The van der Waals surface area contributed by atoms with Crippen LogP contribution in [-0.2, 0) is 22.6 Å². The molecule has 25 heavy (non-hydrogen) atoms. The Kier molecular flexibility index (Phi) is 3.89. The molecule has 128 valence electrons. The van der Waals surface area contributed by atoms with Crippen molar-refractivity contribution in [1.82, 2.24) is 9.80 Å². The summed E-state index contributed by atoms with van der Waals surface area (Å²) in [5.41, 5.74) is 1.85. The van der Waals surface area contributed by atoms with Crippen LogP contribution in [0.1, 0.15) is 11.1 Å². The number of aliphatic hydroxyl groups is 1. The van der Waals surface area contributed by atoms with Crippen molar-refractivity contribution < 1.29 is 19.4 Å². The first-order valence-electron chi connectivity index (χ1n) is 8.19. The normalized spacial score (nSPS) is 25.2. The van der Waals surface area contributed by atoms with Crippen LogP contribution in [0.15, 0.2) is 60.7 Å². The van der Waals surface area contributed by atoms with E-state index in [2.05, 4.69) is 0 Å². The zero-order valence-corrected chi connectivity index (χ0v) is 13.5. The Morgan fingerprint density at radius 1 is 0.840 bits per heavy atom. The molecule has 2 amide bonds. The first-order valence-corrected chi connectivity index (χ1v) is 8.19. The van der Waals surface area contributed by atoms with E-state index in [9.17, 15) is 14.7 Å². The van der Waals surface area contributed by atoms with Gasteiger partial charge >= 0.3 is 12.0 Å². The van der Waals surface area contributed by atoms with Gasteiger partial charge in [-0.3, -0.25) is 0 Å². The van der Waals surface area contributed by atoms with Crippen molar-refractivity contribution in [3.63, 3.8) is 0 Å². The minimum atomic E-state index is -1.30. The van der Waals surface area contributed by atoms with Crippen molar-refractivity contribution in [2.75, 3.05) is 0 Å². The molecule has 2 fully saturated rings. The molecular weight excluding hydrogens is 320 g/mol. The number of benzene rings is 2. The molecule has 2 saturated heterocycles. The lowest BCUT2D eigenvalue weighted by molar-refractivity contribution is -0.158. The van der Waals surface area contributed by atoms with E-state index in [1.807, 2.05) is 60.7 Å². The Hall–Kier alpha value is -2.86. The largest absolute Gasteiger partial charge is 0.432 e. The summed E-state index contributed by atoms with van der Waals surface area (Å²) in [6, 6.07) is 17.2. The third kappa shape index (κ3) is 2.74. The molecule has 0 saturated carbocycles. The third-order valence-corrected chi connectivity index (χ3v) is 4.67. The molecule has 1 N–H and O–H groups in total. The topological polar surface area (TPSA) is 70.1 Å². The first kappa shape index (κ1) is 15.7. The number of amides is 2. The monoisotopic (exact) mass is 338 g/mol. The Bertz CT molecular complexity index is 781. The summed E-state index contributed by atoms with van der Waals surface area (Å²) in [7, 11) is 0. The van der Waals surface area contributed by atoms with E-state index in [4.69, 9.17) is 4.74 Å². The highest BCUT2D eigenvalue weighted by Crippen LogP contribution is 2.34. The van der Waals surface area contributed by atoms with Gasteiger partial charge < -0.3 is 19.6 Å². The van der Waals surface area contributed by atoms with Crippen LogP contribution < -0.4 is 0 Å². The van der Waals surface area contributed by atoms with Crippen LogP contribution in [0.5, 0.6) is 0 Å². The van der Waals surface area contributed by atoms with E-state index in [0.29, 0.717) is 13.1 Å². The fraction of sp³-hybridized carbons (Fsp3) is 0.263. The predicted molar refractivity (Wildman–Crippen MR) is 89.0 cm³/mol. The van der Waals surface area contributed by atoms with Gasteiger partial charge in [0.15, 0.2) is 6.04 Å². The van der Waals surface area contributed by atoms with E-state index in [-0.39, 0.29) is 6.03 Å². The fourth-order valence-corrected chi connectivity index (χ4v) is 3.50. The van der Waals surface area contributed by atoms with Crippen LogP contribution in [-0.4, -0.2) is 45.3 Å². The molecule has 0 aromatic heterocycles. The van der Waals surface area contributed by atoms with Crippen molar-refractivity contribution in [3.8, 4) is 0 Å². The summed E-state index contributed by atoms with van der Waals surface area (Å²) in [5, 5.41) is 10.2. The number of aliphatic hydroxyl groups excluding tert-OH is 1. The van der Waals surface area contributed by atoms with Gasteiger partial charge in [-0.15, -0.1) is 0 Å². The van der Waals surface area contributed by atoms with Gasteiger partial charge in [-0.25, -0.2) is 9.59 Å². The third-order valence-electron chi connectivity index (χ3n) is 4.67. The lowest BCUT2D eigenvalue weighted by atomic mass is 10.1. The maximum atomic E-state index is 13.0. The molecule has 6 heteroatoms. The van der Waals surface area contributed by atoms with Crippen LogP contribution in [0.4, 0.5) is 4.79 Å². The van der Waals surface area contributed by atoms with E-state index in [1.165, 1.54) is 9.80 Å². The second kappa shape index (κ2) is 6.22. The lowest BCUT2D eigenvalue weighted by Crippen LogP contribution is -2.41. The highest BCUT2D eigenvalue weighted by atomic mass is 16.6. The number of urea groups is 1. The Balaban J connectivity index is 1.64. The van der Waals surface area contributed by atoms with Crippen molar-refractivity contribution in [1.29, 1.82) is 0 Å². The molecule has 2 heterocycles. The molecule has 3 atom stereocenters. The van der Waals surface area contributed by atoms with Gasteiger partial charge in [-0.2, -0.15) is 0 Å². The number of rotatable bonds is 4. The van der Waals surface area contributed by atoms with Crippen LogP contribution >= 0.6 is 0 Å². The van der Waals surface area contributed by atoms with Gasteiger partial charge in [0.1, 0.15) is 6.04 Å². The van der Waals surface area contributed by atoms with Gasteiger partial charge in [0, 0.05) is 13.1 Å². The van der Waals surface area contributed by atoms with Gasteiger partial charge in [0.05, 0.1) is 0 Å². The van der Waals surface area contributed by atoms with Gasteiger partial charge in [-0.05, 0) is 11.1 Å². The number of ether oxygens (including phenoxy) is 1. The number of hydrogen-bond acceptors (Lipinski definition) is 4. The molecular formula is C19H18N2O4. The highest BCUT2D eigenvalue weighted by Gasteiger charge is 2.58. The summed E-state index contributed by atoms with van der Waals surface area (Å²) >= 11 is 0. The average Bonchev–Trinajstić information content (AvgIpc) is 3.06. The molecule has 4 rings (SSSR count). The van der Waals surface area contributed by atoms with E-state index >= 15 is 0 Å². The molecule has 0 bridgehead atoms. The van der Waals surface area contributed by atoms with Crippen molar-refractivity contribution >= 4 is 12.0 Å². The SMILES string of the molecule is O=C1OC(O)[C@H]2[C@@H]1N(Cc1ccccc1)C(=O)N2Cc1ccccc1. The maximum Gasteiger partial charge on any atom is 0.333 e. The summed E-state index contributed by atoms with van der Waals surface area (Å²) in [6.07, 6.45) is -1.30. The van der Waals surface area contributed by atoms with Gasteiger partial charge in [0.2, 0.25) is 6.29 Å². The number of cyclic esters (lactones) is 1. The van der Waals surface area contributed by atoms with E-state index in [0.717, 1.165) is 11.1 Å². The molecule has 2 aliphatic heterocycles. The lowest BCUT2D eigenvalue weighted by Gasteiger charge is -2.24. The fourth-order valence-electron chi connectivity index (χ4n) is 3.50. The number of carbonyl (C=O) groups excluding carboxylic acids is 2. The molecule has 0 spiro atoms. The zero-order valence-electron chi connectivity index (χ0n) is 13.5. The first-order chi connectivity index (χ1) is 12.1. The number of carbonyl (C=O) groups is 2. The smallest absolute Gasteiger partial charge is 0.333 e. The van der Waals surface area contributed by atoms with E-state index < -0.39 is 24.3 Å². The Morgan fingerprint density at radius 3 is 1.92 bits per heavy atom. The van der Waals surface area contributed by atoms with Crippen LogP contribution in [0.3, 0.4) is 0 Å². The molecule has 6 nitrogen and oxygen atoms in total. The summed E-state index contributed by atoms with van der Waals surface area (Å²) in [4.78, 5) is 28.2. The highest BCUT2D eigenvalue weighted by molar-refractivity contribution is 5.90. The number of esters is 1. The van der Waals surface area contributed by atoms with Crippen molar-refractivity contribution in [2.24, 2.45) is 0 Å². The Morgan fingerprint density at radius 2 is 1.36 bits per heavy atom. The molecule has 0 radical (unpaired) electrons. The van der Waals surface area contributed by atoms with E-state index in [1.54, 1.807) is 0 Å². The second-order valence-electron chi connectivity index (χ2n) is 6.27. The minimum Gasteiger partial charge on any atom is -0.432 e. The predicted octanol–water partition coefficient (Wildman–Crippen LogP) is 1.74. The molecule has 2 aromatic carbocycles. The summed E-state index contributed by atoms with van der Waals surface area (Å²) < 4.78 is 4.99. The average molecular weight is 338 g/mol. The summed E-state index contributed by atoms with van der Waals surface area (Å²) in [5.74, 6) is -0.558. The zero-order chi connectivity index (χ0) is 17.4. The second-order valence-corrected chi connectivity index (χ2v) is 6.27. The molecule has 1 unspecified atom stereocenters. The maximum absolute atomic E-state index is 13.0. The summed E-state index contributed by atoms with van der Waals surface area (Å²) in [6.45, 7) is 0.619. The number of nitrogens with zero attached hydrogens (tertiary/aromatic N) is 2. The Labute approximate surface area is 145 Å². The quantitative estimate of drug-likeness (QED) is 0.862.